The first-order valence-corrected chi connectivity index (χ1v) is 8.97. The van der Waals surface area contributed by atoms with Crippen LogP contribution in [0, 0.1) is 32.5 Å². The Hall–Kier alpha value is -2.17. The van der Waals surface area contributed by atoms with Crippen LogP contribution in [0.1, 0.15) is 40.9 Å². The van der Waals surface area contributed by atoms with Gasteiger partial charge in [-0.1, -0.05) is 12.1 Å². The Balaban J connectivity index is 1.50. The van der Waals surface area contributed by atoms with Gasteiger partial charge >= 0.3 is 0 Å². The molecule has 1 N–H and O–H groups in total. The molecular formula is C20H26FN3O. The van der Waals surface area contributed by atoms with Crippen molar-refractivity contribution in [3.8, 4) is 0 Å². The highest BCUT2D eigenvalue weighted by molar-refractivity contribution is 5.76. The van der Waals surface area contributed by atoms with Gasteiger partial charge in [-0.05, 0) is 62.3 Å². The van der Waals surface area contributed by atoms with Crippen LogP contribution in [0.15, 0.2) is 18.2 Å². The minimum atomic E-state index is -0.145. The van der Waals surface area contributed by atoms with E-state index in [1.165, 1.54) is 0 Å². The number of rotatable bonds is 5. The standard InChI is InChI=1S/C20H26FN3O/c1-13-4-5-16(11-18(13)21)10-17-8-9-24(12-17)20(25)7-6-19-14(2)15(3)22-23-19/h4-5,11,17H,6-10,12H2,1-3H3,(H,22,23). The van der Waals surface area contributed by atoms with Crippen molar-refractivity contribution < 1.29 is 9.18 Å². The molecule has 0 radical (unpaired) electrons. The highest BCUT2D eigenvalue weighted by Crippen LogP contribution is 2.23. The molecule has 1 aliphatic rings. The van der Waals surface area contributed by atoms with Crippen LogP contribution >= 0.6 is 0 Å². The maximum atomic E-state index is 13.7. The number of carbonyl (C=O) groups excluding carboxylic acids is 1. The smallest absolute Gasteiger partial charge is 0.222 e. The lowest BCUT2D eigenvalue weighted by Crippen LogP contribution is -2.29. The van der Waals surface area contributed by atoms with E-state index in [0.717, 1.165) is 48.4 Å². The number of hydrogen-bond donors (Lipinski definition) is 1. The number of aromatic amines is 1. The molecule has 0 spiro atoms. The average molecular weight is 343 g/mol. The molecule has 1 saturated heterocycles. The van der Waals surface area contributed by atoms with E-state index >= 15 is 0 Å². The lowest BCUT2D eigenvalue weighted by molar-refractivity contribution is -0.130. The second kappa shape index (κ2) is 7.38. The van der Waals surface area contributed by atoms with E-state index in [2.05, 4.69) is 10.2 Å². The molecule has 2 aromatic rings. The van der Waals surface area contributed by atoms with Gasteiger partial charge in [-0.25, -0.2) is 4.39 Å². The highest BCUT2D eigenvalue weighted by atomic mass is 19.1. The molecule has 3 rings (SSSR count). The fourth-order valence-electron chi connectivity index (χ4n) is 3.48. The van der Waals surface area contributed by atoms with Crippen molar-refractivity contribution in [3.63, 3.8) is 0 Å². The number of hydrogen-bond acceptors (Lipinski definition) is 2. The topological polar surface area (TPSA) is 49.0 Å². The van der Waals surface area contributed by atoms with Crippen molar-refractivity contribution in [2.45, 2.75) is 46.5 Å². The predicted octanol–water partition coefficient (Wildman–Crippen LogP) is 3.50. The third-order valence-electron chi connectivity index (χ3n) is 5.33. The van der Waals surface area contributed by atoms with Crippen LogP contribution in [-0.4, -0.2) is 34.1 Å². The van der Waals surface area contributed by atoms with Crippen LogP contribution in [0.4, 0.5) is 4.39 Å². The lowest BCUT2D eigenvalue weighted by atomic mass is 9.98. The van der Waals surface area contributed by atoms with Crippen LogP contribution in [0.25, 0.3) is 0 Å². The summed E-state index contributed by atoms with van der Waals surface area (Å²) in [7, 11) is 0. The number of nitrogens with one attached hydrogen (secondary N) is 1. The average Bonchev–Trinajstić information content (AvgIpc) is 3.17. The number of halogens is 1. The molecule has 1 aromatic heterocycles. The number of benzene rings is 1. The first kappa shape index (κ1) is 17.6. The molecule has 1 fully saturated rings. The third-order valence-corrected chi connectivity index (χ3v) is 5.33. The van der Waals surface area contributed by atoms with Crippen LogP contribution in [0.5, 0.6) is 0 Å². The van der Waals surface area contributed by atoms with E-state index < -0.39 is 0 Å². The Labute approximate surface area is 148 Å². The maximum absolute atomic E-state index is 13.7. The Bertz CT molecular complexity index is 768. The van der Waals surface area contributed by atoms with Gasteiger partial charge in [0.25, 0.3) is 0 Å². The zero-order valence-corrected chi connectivity index (χ0v) is 15.2. The molecule has 1 atom stereocenters. The van der Waals surface area contributed by atoms with E-state index in [1.807, 2.05) is 30.9 Å². The van der Waals surface area contributed by atoms with Crippen molar-refractivity contribution >= 4 is 5.91 Å². The Morgan fingerprint density at radius 3 is 2.84 bits per heavy atom. The number of amides is 1. The van der Waals surface area contributed by atoms with E-state index in [4.69, 9.17) is 0 Å². The number of aryl methyl sites for hydroxylation is 3. The Kier molecular flexibility index (Phi) is 5.21. The summed E-state index contributed by atoms with van der Waals surface area (Å²) in [5.41, 5.74) is 4.89. The van der Waals surface area contributed by atoms with E-state index in [1.54, 1.807) is 13.0 Å². The minimum absolute atomic E-state index is 0.145. The van der Waals surface area contributed by atoms with Crippen molar-refractivity contribution in [2.75, 3.05) is 13.1 Å². The van der Waals surface area contributed by atoms with Crippen LogP contribution < -0.4 is 0 Å². The van der Waals surface area contributed by atoms with Gasteiger partial charge in [0, 0.05) is 31.6 Å². The Morgan fingerprint density at radius 1 is 1.36 bits per heavy atom. The fourth-order valence-corrected chi connectivity index (χ4v) is 3.48. The van der Waals surface area contributed by atoms with Gasteiger partial charge < -0.3 is 4.90 Å². The summed E-state index contributed by atoms with van der Waals surface area (Å²) >= 11 is 0. The van der Waals surface area contributed by atoms with Gasteiger partial charge in [0.15, 0.2) is 0 Å². The van der Waals surface area contributed by atoms with Crippen LogP contribution in [0.2, 0.25) is 0 Å². The summed E-state index contributed by atoms with van der Waals surface area (Å²) in [5, 5.41) is 7.24. The molecule has 1 aromatic carbocycles. The molecule has 134 valence electrons. The number of H-pyrrole nitrogens is 1. The third kappa shape index (κ3) is 4.09. The van der Waals surface area contributed by atoms with Gasteiger partial charge in [0.1, 0.15) is 5.82 Å². The molecule has 1 aliphatic heterocycles. The number of likely N-dealkylation sites (tertiary alicyclic amines) is 1. The van der Waals surface area contributed by atoms with Crippen LogP contribution in [-0.2, 0) is 17.6 Å². The summed E-state index contributed by atoms with van der Waals surface area (Å²) in [5.74, 6) is 0.464. The van der Waals surface area contributed by atoms with Crippen molar-refractivity contribution in [3.05, 3.63) is 52.1 Å². The lowest BCUT2D eigenvalue weighted by Gasteiger charge is -2.16. The normalized spacial score (nSPS) is 17.3. The molecular weight excluding hydrogens is 317 g/mol. The quantitative estimate of drug-likeness (QED) is 0.903. The molecule has 25 heavy (non-hydrogen) atoms. The monoisotopic (exact) mass is 343 g/mol. The Morgan fingerprint density at radius 2 is 2.16 bits per heavy atom. The number of nitrogens with zero attached hydrogens (tertiary/aromatic N) is 2. The summed E-state index contributed by atoms with van der Waals surface area (Å²) in [4.78, 5) is 14.4. The maximum Gasteiger partial charge on any atom is 0.222 e. The molecule has 5 heteroatoms. The highest BCUT2D eigenvalue weighted by Gasteiger charge is 2.26. The van der Waals surface area contributed by atoms with Crippen LogP contribution in [0.3, 0.4) is 0 Å². The molecule has 2 heterocycles. The number of aromatic nitrogens is 2. The summed E-state index contributed by atoms with van der Waals surface area (Å²) in [6, 6.07) is 5.45. The van der Waals surface area contributed by atoms with E-state index in [9.17, 15) is 9.18 Å². The zero-order valence-electron chi connectivity index (χ0n) is 15.2. The predicted molar refractivity (Wildman–Crippen MR) is 95.9 cm³/mol. The second-order valence-corrected chi connectivity index (χ2v) is 7.20. The fraction of sp³-hybridized carbons (Fsp3) is 0.500. The van der Waals surface area contributed by atoms with Crippen molar-refractivity contribution in [1.29, 1.82) is 0 Å². The SMILES string of the molecule is Cc1ccc(CC2CCN(C(=O)CCc3n[nH]c(C)c3C)C2)cc1F. The van der Waals surface area contributed by atoms with E-state index in [-0.39, 0.29) is 11.7 Å². The zero-order chi connectivity index (χ0) is 18.0. The summed E-state index contributed by atoms with van der Waals surface area (Å²) in [6.45, 7) is 7.37. The molecule has 1 unspecified atom stereocenters. The molecule has 1 amide bonds. The molecule has 4 nitrogen and oxygen atoms in total. The van der Waals surface area contributed by atoms with E-state index in [0.29, 0.717) is 24.3 Å². The van der Waals surface area contributed by atoms with Crippen molar-refractivity contribution in [1.82, 2.24) is 15.1 Å². The van der Waals surface area contributed by atoms with Gasteiger partial charge in [0.2, 0.25) is 5.91 Å². The largest absolute Gasteiger partial charge is 0.342 e. The summed E-state index contributed by atoms with van der Waals surface area (Å²) in [6.07, 6.45) is 3.00. The van der Waals surface area contributed by atoms with Crippen molar-refractivity contribution in [2.24, 2.45) is 5.92 Å². The first-order chi connectivity index (χ1) is 11.9. The molecule has 0 bridgehead atoms. The molecule has 0 aliphatic carbocycles. The first-order valence-electron chi connectivity index (χ1n) is 8.97. The molecule has 0 saturated carbocycles. The van der Waals surface area contributed by atoms with Gasteiger partial charge in [-0.2, -0.15) is 5.10 Å². The minimum Gasteiger partial charge on any atom is -0.342 e. The number of carbonyl (C=O) groups is 1. The van der Waals surface area contributed by atoms with Gasteiger partial charge in [-0.3, -0.25) is 9.89 Å². The second-order valence-electron chi connectivity index (χ2n) is 7.20. The van der Waals surface area contributed by atoms with Gasteiger partial charge in [-0.15, -0.1) is 0 Å². The van der Waals surface area contributed by atoms with Gasteiger partial charge in [0.05, 0.1) is 5.69 Å². The summed E-state index contributed by atoms with van der Waals surface area (Å²) < 4.78 is 13.7.